The molecule has 0 unspecified atom stereocenters. The fraction of sp³-hybridized carbons (Fsp3) is 0.455. The van der Waals surface area contributed by atoms with Crippen molar-refractivity contribution in [2.24, 2.45) is 0 Å². The van der Waals surface area contributed by atoms with Crippen LogP contribution >= 0.6 is 0 Å². The molecule has 5 heteroatoms. The lowest BCUT2D eigenvalue weighted by Gasteiger charge is -2.27. The van der Waals surface area contributed by atoms with Gasteiger partial charge in [-0.05, 0) is 69.4 Å². The molecule has 0 aliphatic heterocycles. The average molecular weight is 368 g/mol. The zero-order chi connectivity index (χ0) is 19.2. The number of aromatic nitrogens is 1. The maximum atomic E-state index is 13.1. The Morgan fingerprint density at radius 2 is 2.00 bits per heavy atom. The highest BCUT2D eigenvalue weighted by Gasteiger charge is 2.22. The molecule has 1 fully saturated rings. The maximum Gasteiger partial charge on any atom is 0.254 e. The van der Waals surface area contributed by atoms with E-state index in [0.717, 1.165) is 18.4 Å². The molecule has 1 aliphatic carbocycles. The Kier molecular flexibility index (Phi) is 6.32. The summed E-state index contributed by atoms with van der Waals surface area (Å²) in [6.07, 6.45) is 8.35. The SMILES string of the molecule is COc1cc(C(=O)N(Cc2cccnc2)C(C)C)ccc1OC1CCCC1. The van der Waals surface area contributed by atoms with Crippen LogP contribution in [0, 0.1) is 0 Å². The minimum absolute atomic E-state index is 0.0282. The zero-order valence-corrected chi connectivity index (χ0v) is 16.4. The van der Waals surface area contributed by atoms with E-state index in [1.807, 2.05) is 43.0 Å². The van der Waals surface area contributed by atoms with Gasteiger partial charge in [0.05, 0.1) is 13.2 Å². The first-order chi connectivity index (χ1) is 13.1. The van der Waals surface area contributed by atoms with E-state index in [1.54, 1.807) is 25.6 Å². The van der Waals surface area contributed by atoms with Crippen LogP contribution in [0.15, 0.2) is 42.7 Å². The minimum Gasteiger partial charge on any atom is -0.493 e. The molecule has 0 atom stereocenters. The third-order valence-corrected chi connectivity index (χ3v) is 4.97. The highest BCUT2D eigenvalue weighted by atomic mass is 16.5. The van der Waals surface area contributed by atoms with Gasteiger partial charge < -0.3 is 14.4 Å². The van der Waals surface area contributed by atoms with E-state index < -0.39 is 0 Å². The summed E-state index contributed by atoms with van der Waals surface area (Å²) < 4.78 is 11.6. The molecule has 144 valence electrons. The smallest absolute Gasteiger partial charge is 0.254 e. The second kappa shape index (κ2) is 8.89. The first-order valence-corrected chi connectivity index (χ1v) is 9.63. The summed E-state index contributed by atoms with van der Waals surface area (Å²) >= 11 is 0. The lowest BCUT2D eigenvalue weighted by molar-refractivity contribution is 0.0689. The molecule has 1 amide bonds. The van der Waals surface area contributed by atoms with E-state index in [0.29, 0.717) is 23.6 Å². The van der Waals surface area contributed by atoms with Gasteiger partial charge in [0.15, 0.2) is 11.5 Å². The van der Waals surface area contributed by atoms with Gasteiger partial charge in [0.1, 0.15) is 0 Å². The van der Waals surface area contributed by atoms with Crippen molar-refractivity contribution in [3.05, 3.63) is 53.9 Å². The number of amides is 1. The zero-order valence-electron chi connectivity index (χ0n) is 16.4. The molecule has 0 radical (unpaired) electrons. The van der Waals surface area contributed by atoms with Crippen LogP contribution < -0.4 is 9.47 Å². The molecule has 27 heavy (non-hydrogen) atoms. The van der Waals surface area contributed by atoms with Crippen molar-refractivity contribution in [3.63, 3.8) is 0 Å². The number of nitrogens with zero attached hydrogens (tertiary/aromatic N) is 2. The van der Waals surface area contributed by atoms with Crippen LogP contribution in [-0.4, -0.2) is 35.0 Å². The Morgan fingerprint density at radius 3 is 2.63 bits per heavy atom. The predicted octanol–water partition coefficient (Wildman–Crippen LogP) is 4.46. The van der Waals surface area contributed by atoms with Crippen LogP contribution in [0.5, 0.6) is 11.5 Å². The van der Waals surface area contributed by atoms with Gasteiger partial charge in [-0.25, -0.2) is 0 Å². The van der Waals surface area contributed by atoms with Crippen LogP contribution in [-0.2, 0) is 6.54 Å². The topological polar surface area (TPSA) is 51.7 Å². The van der Waals surface area contributed by atoms with Crippen molar-refractivity contribution in [3.8, 4) is 11.5 Å². The summed E-state index contributed by atoms with van der Waals surface area (Å²) in [5.74, 6) is 1.29. The Labute approximate surface area is 161 Å². The third-order valence-electron chi connectivity index (χ3n) is 4.97. The molecule has 5 nitrogen and oxygen atoms in total. The van der Waals surface area contributed by atoms with E-state index in [9.17, 15) is 4.79 Å². The van der Waals surface area contributed by atoms with Gasteiger partial charge in [-0.2, -0.15) is 0 Å². The van der Waals surface area contributed by atoms with Gasteiger partial charge in [0.2, 0.25) is 0 Å². The first kappa shape index (κ1) is 19.2. The van der Waals surface area contributed by atoms with Crippen molar-refractivity contribution in [2.45, 2.75) is 58.2 Å². The van der Waals surface area contributed by atoms with Crippen LogP contribution in [0.25, 0.3) is 0 Å². The molecule has 0 bridgehead atoms. The van der Waals surface area contributed by atoms with Gasteiger partial charge >= 0.3 is 0 Å². The van der Waals surface area contributed by atoms with Crippen molar-refractivity contribution >= 4 is 5.91 Å². The van der Waals surface area contributed by atoms with Crippen molar-refractivity contribution in [2.75, 3.05) is 7.11 Å². The summed E-state index contributed by atoms with van der Waals surface area (Å²) in [7, 11) is 1.61. The molecule has 1 saturated carbocycles. The summed E-state index contributed by atoms with van der Waals surface area (Å²) in [4.78, 5) is 19.1. The number of ether oxygens (including phenoxy) is 2. The van der Waals surface area contributed by atoms with E-state index in [4.69, 9.17) is 9.47 Å². The molecule has 3 rings (SSSR count). The Morgan fingerprint density at radius 1 is 1.22 bits per heavy atom. The third kappa shape index (κ3) is 4.79. The molecule has 0 spiro atoms. The first-order valence-electron chi connectivity index (χ1n) is 9.63. The van der Waals surface area contributed by atoms with E-state index >= 15 is 0 Å². The predicted molar refractivity (Wildman–Crippen MR) is 105 cm³/mol. The minimum atomic E-state index is -0.0282. The summed E-state index contributed by atoms with van der Waals surface area (Å²) in [5, 5.41) is 0. The second-order valence-electron chi connectivity index (χ2n) is 7.28. The Bertz CT molecular complexity index is 755. The molecule has 1 aromatic carbocycles. The summed E-state index contributed by atoms with van der Waals surface area (Å²) in [6, 6.07) is 9.40. The number of carbonyl (C=O) groups excluding carboxylic acids is 1. The van der Waals surface area contributed by atoms with Gasteiger partial charge in [0.25, 0.3) is 5.91 Å². The fourth-order valence-corrected chi connectivity index (χ4v) is 3.43. The molecule has 2 aromatic rings. The van der Waals surface area contributed by atoms with Gasteiger partial charge in [-0.3, -0.25) is 9.78 Å². The van der Waals surface area contributed by atoms with E-state index in [2.05, 4.69) is 4.98 Å². The molecule has 1 heterocycles. The molecule has 0 saturated heterocycles. The maximum absolute atomic E-state index is 13.1. The lowest BCUT2D eigenvalue weighted by Crippen LogP contribution is -2.36. The standard InChI is InChI=1S/C22H28N2O3/c1-16(2)24(15-17-7-6-12-23-14-17)22(25)18-10-11-20(21(13-18)26-3)27-19-8-4-5-9-19/h6-7,10-14,16,19H,4-5,8-9,15H2,1-3H3. The largest absolute Gasteiger partial charge is 0.493 e. The number of hydrogen-bond acceptors (Lipinski definition) is 4. The van der Waals surface area contributed by atoms with Crippen LogP contribution in [0.3, 0.4) is 0 Å². The molecule has 1 aliphatic rings. The normalized spacial score (nSPS) is 14.4. The Balaban J connectivity index is 1.79. The average Bonchev–Trinajstić information content (AvgIpc) is 3.19. The van der Waals surface area contributed by atoms with Crippen molar-refractivity contribution < 1.29 is 14.3 Å². The highest BCUT2D eigenvalue weighted by molar-refractivity contribution is 5.95. The quantitative estimate of drug-likeness (QED) is 0.724. The number of hydrogen-bond donors (Lipinski definition) is 0. The molecule has 1 aromatic heterocycles. The number of rotatable bonds is 7. The second-order valence-corrected chi connectivity index (χ2v) is 7.28. The van der Waals surface area contributed by atoms with Crippen molar-refractivity contribution in [1.82, 2.24) is 9.88 Å². The van der Waals surface area contributed by atoms with Crippen LogP contribution in [0.4, 0.5) is 0 Å². The van der Waals surface area contributed by atoms with Gasteiger partial charge in [0, 0.05) is 30.5 Å². The monoisotopic (exact) mass is 368 g/mol. The highest BCUT2D eigenvalue weighted by Crippen LogP contribution is 2.33. The van der Waals surface area contributed by atoms with Crippen molar-refractivity contribution in [1.29, 1.82) is 0 Å². The number of benzene rings is 1. The lowest BCUT2D eigenvalue weighted by atomic mass is 10.1. The van der Waals surface area contributed by atoms with Crippen LogP contribution in [0.2, 0.25) is 0 Å². The number of pyridine rings is 1. The van der Waals surface area contributed by atoms with Gasteiger partial charge in [-0.1, -0.05) is 6.07 Å². The summed E-state index contributed by atoms with van der Waals surface area (Å²) in [5.41, 5.74) is 1.61. The van der Waals surface area contributed by atoms with E-state index in [1.165, 1.54) is 12.8 Å². The molecular weight excluding hydrogens is 340 g/mol. The fourth-order valence-electron chi connectivity index (χ4n) is 3.43. The van der Waals surface area contributed by atoms with E-state index in [-0.39, 0.29) is 18.1 Å². The number of carbonyl (C=O) groups is 1. The summed E-state index contributed by atoms with van der Waals surface area (Å²) in [6.45, 7) is 4.55. The molecular formula is C22H28N2O3. The molecule has 0 N–H and O–H groups in total. The Hall–Kier alpha value is -2.56. The van der Waals surface area contributed by atoms with Gasteiger partial charge in [-0.15, -0.1) is 0 Å². The number of methoxy groups -OCH3 is 1. The van der Waals surface area contributed by atoms with Crippen LogP contribution in [0.1, 0.15) is 55.5 Å².